The minimum Gasteiger partial charge on any atom is -0.485 e. The molecule has 2 amide bonds. The normalized spacial score (nSPS) is 18.8. The molecule has 2 aliphatic rings. The number of nitrogens with zero attached hydrogens (tertiary/aromatic N) is 1. The van der Waals surface area contributed by atoms with Gasteiger partial charge in [-0.1, -0.05) is 36.6 Å². The van der Waals surface area contributed by atoms with E-state index in [1.54, 1.807) is 24.3 Å². The summed E-state index contributed by atoms with van der Waals surface area (Å²) in [5.74, 6) is -0.338. The van der Waals surface area contributed by atoms with Crippen LogP contribution in [0.25, 0.3) is 0 Å². The van der Waals surface area contributed by atoms with Crippen LogP contribution < -0.4 is 20.3 Å². The van der Waals surface area contributed by atoms with E-state index in [1.807, 2.05) is 0 Å². The van der Waals surface area contributed by atoms with E-state index in [0.29, 0.717) is 24.6 Å². The number of ether oxygens (including phenoxy) is 2. The monoisotopic (exact) mass is 493 g/mol. The number of hydrazine groups is 1. The summed E-state index contributed by atoms with van der Waals surface area (Å²) in [5, 5.41) is 0.0336. The summed E-state index contributed by atoms with van der Waals surface area (Å²) in [5.41, 5.74) is 4.61. The summed E-state index contributed by atoms with van der Waals surface area (Å²) < 4.78 is 38.7. The molecule has 1 saturated heterocycles. The molecule has 2 heterocycles. The maximum atomic E-state index is 13.1. The van der Waals surface area contributed by atoms with Crippen molar-refractivity contribution in [2.45, 2.75) is 36.7 Å². The number of para-hydroxylation sites is 2. The molecule has 1 fully saturated rings. The molecular formula is C22H24ClN3O6S. The van der Waals surface area contributed by atoms with Gasteiger partial charge in [0.05, 0.1) is 5.02 Å². The Hall–Kier alpha value is -2.82. The van der Waals surface area contributed by atoms with Crippen LogP contribution >= 0.6 is 11.6 Å². The third kappa shape index (κ3) is 5.23. The number of halogens is 1. The minimum atomic E-state index is -3.85. The van der Waals surface area contributed by atoms with E-state index in [2.05, 4.69) is 10.9 Å². The first-order valence-corrected chi connectivity index (χ1v) is 12.5. The lowest BCUT2D eigenvalue weighted by Gasteiger charge is -2.25. The van der Waals surface area contributed by atoms with Crippen molar-refractivity contribution in [2.75, 3.05) is 19.7 Å². The van der Waals surface area contributed by atoms with Crippen molar-refractivity contribution in [2.24, 2.45) is 0 Å². The number of nitrogens with one attached hydrogen (secondary N) is 2. The zero-order chi connectivity index (χ0) is 23.4. The van der Waals surface area contributed by atoms with E-state index in [9.17, 15) is 18.0 Å². The van der Waals surface area contributed by atoms with E-state index in [1.165, 1.54) is 22.5 Å². The first kappa shape index (κ1) is 23.3. The number of sulfonamides is 1. The largest absolute Gasteiger partial charge is 0.485 e. The number of carbonyl (C=O) groups is 2. The average Bonchev–Trinajstić information content (AvgIpc) is 3.12. The maximum absolute atomic E-state index is 13.1. The van der Waals surface area contributed by atoms with Gasteiger partial charge in [0.2, 0.25) is 16.1 Å². The summed E-state index contributed by atoms with van der Waals surface area (Å²) >= 11 is 6.18. The molecule has 1 atom stereocenters. The van der Waals surface area contributed by atoms with Crippen molar-refractivity contribution in [3.05, 3.63) is 53.1 Å². The third-order valence-corrected chi connectivity index (χ3v) is 7.86. The zero-order valence-electron chi connectivity index (χ0n) is 17.8. The van der Waals surface area contributed by atoms with Crippen molar-refractivity contribution in [1.82, 2.24) is 15.2 Å². The van der Waals surface area contributed by atoms with Crippen LogP contribution in [0.2, 0.25) is 5.02 Å². The minimum absolute atomic E-state index is 0.0160. The Morgan fingerprint density at radius 1 is 0.970 bits per heavy atom. The van der Waals surface area contributed by atoms with Gasteiger partial charge in [-0.15, -0.1) is 0 Å². The van der Waals surface area contributed by atoms with Crippen molar-refractivity contribution >= 4 is 33.4 Å². The highest BCUT2D eigenvalue weighted by Crippen LogP contribution is 2.31. The summed E-state index contributed by atoms with van der Waals surface area (Å²) in [6.07, 6.45) is 2.55. The van der Waals surface area contributed by atoms with Gasteiger partial charge >= 0.3 is 0 Å². The Labute approximate surface area is 197 Å². The number of rotatable bonds is 4. The molecule has 33 heavy (non-hydrogen) atoms. The molecule has 0 spiro atoms. The lowest BCUT2D eigenvalue weighted by atomic mass is 10.2. The molecule has 4 rings (SSSR count). The fraction of sp³-hybridized carbons (Fsp3) is 0.364. The second kappa shape index (κ2) is 9.98. The maximum Gasteiger partial charge on any atom is 0.283 e. The topological polar surface area (TPSA) is 114 Å². The summed E-state index contributed by atoms with van der Waals surface area (Å²) in [6, 6.07) is 10.9. The van der Waals surface area contributed by atoms with Crippen LogP contribution in [-0.2, 0) is 14.8 Å². The number of benzene rings is 2. The molecule has 0 radical (unpaired) electrons. The highest BCUT2D eigenvalue weighted by Gasteiger charge is 2.29. The molecule has 0 aromatic heterocycles. The van der Waals surface area contributed by atoms with Crippen LogP contribution in [0.3, 0.4) is 0 Å². The smallest absolute Gasteiger partial charge is 0.283 e. The van der Waals surface area contributed by atoms with Crippen LogP contribution in [0.1, 0.15) is 36.0 Å². The average molecular weight is 494 g/mol. The van der Waals surface area contributed by atoms with E-state index in [4.69, 9.17) is 21.1 Å². The Kier molecular flexibility index (Phi) is 7.06. The fourth-order valence-electron chi connectivity index (χ4n) is 3.68. The molecule has 2 aliphatic heterocycles. The van der Waals surface area contributed by atoms with Crippen LogP contribution in [0.15, 0.2) is 47.4 Å². The quantitative estimate of drug-likeness (QED) is 0.632. The van der Waals surface area contributed by atoms with Crippen molar-refractivity contribution in [1.29, 1.82) is 0 Å². The zero-order valence-corrected chi connectivity index (χ0v) is 19.3. The molecule has 0 saturated carbocycles. The molecule has 176 valence electrons. The standard InChI is InChI=1S/C22H24ClN3O6S/c23-16-10-9-15(13-20(16)33(29,30)26-11-5-1-2-6-12-26)21(27)24-25-22(28)19-14-31-17-7-3-4-8-18(17)32-19/h3-4,7-10,13,19H,1-2,5-6,11-12,14H2,(H,24,27)(H,25,28). The lowest BCUT2D eigenvalue weighted by Crippen LogP contribution is -2.50. The Balaban J connectivity index is 1.42. The van der Waals surface area contributed by atoms with Crippen molar-refractivity contribution < 1.29 is 27.5 Å². The fourth-order valence-corrected chi connectivity index (χ4v) is 5.70. The molecule has 2 N–H and O–H groups in total. The van der Waals surface area contributed by atoms with Gasteiger partial charge in [-0.3, -0.25) is 20.4 Å². The van der Waals surface area contributed by atoms with Gasteiger partial charge in [-0.05, 0) is 43.2 Å². The van der Waals surface area contributed by atoms with Gasteiger partial charge in [-0.2, -0.15) is 4.31 Å². The summed E-state index contributed by atoms with van der Waals surface area (Å²) in [6.45, 7) is 0.813. The molecular weight excluding hydrogens is 470 g/mol. The molecule has 0 aliphatic carbocycles. The number of hydrogen-bond acceptors (Lipinski definition) is 6. The van der Waals surface area contributed by atoms with Gasteiger partial charge in [0.15, 0.2) is 11.5 Å². The predicted octanol–water partition coefficient (Wildman–Crippen LogP) is 2.51. The van der Waals surface area contributed by atoms with Gasteiger partial charge < -0.3 is 9.47 Å². The third-order valence-electron chi connectivity index (χ3n) is 5.48. The van der Waals surface area contributed by atoms with Gasteiger partial charge in [0.1, 0.15) is 11.5 Å². The summed E-state index contributed by atoms with van der Waals surface area (Å²) in [4.78, 5) is 24.9. The second-order valence-corrected chi connectivity index (χ2v) is 10.1. The van der Waals surface area contributed by atoms with Crippen LogP contribution in [0.4, 0.5) is 0 Å². The van der Waals surface area contributed by atoms with Crippen molar-refractivity contribution in [3.63, 3.8) is 0 Å². The molecule has 9 nitrogen and oxygen atoms in total. The number of carbonyl (C=O) groups excluding carboxylic acids is 2. The Bertz CT molecular complexity index is 1150. The second-order valence-electron chi connectivity index (χ2n) is 7.77. The SMILES string of the molecule is O=C(NNC(=O)C1COc2ccccc2O1)c1ccc(Cl)c(S(=O)(=O)N2CCCCCC2)c1. The number of amides is 2. The van der Waals surface area contributed by atoms with Crippen LogP contribution in [-0.4, -0.2) is 50.3 Å². The lowest BCUT2D eigenvalue weighted by molar-refractivity contribution is -0.131. The Morgan fingerprint density at radius 3 is 2.39 bits per heavy atom. The van der Waals surface area contributed by atoms with Gasteiger partial charge in [-0.25, -0.2) is 8.42 Å². The highest BCUT2D eigenvalue weighted by molar-refractivity contribution is 7.89. The van der Waals surface area contributed by atoms with E-state index in [0.717, 1.165) is 25.7 Å². The number of hydrogen-bond donors (Lipinski definition) is 2. The predicted molar refractivity (Wildman–Crippen MR) is 121 cm³/mol. The van der Waals surface area contributed by atoms with E-state index < -0.39 is 27.9 Å². The molecule has 0 bridgehead atoms. The first-order valence-electron chi connectivity index (χ1n) is 10.6. The highest BCUT2D eigenvalue weighted by atomic mass is 35.5. The molecule has 1 unspecified atom stereocenters. The van der Waals surface area contributed by atoms with E-state index in [-0.39, 0.29) is 22.1 Å². The molecule has 2 aromatic carbocycles. The van der Waals surface area contributed by atoms with E-state index >= 15 is 0 Å². The van der Waals surface area contributed by atoms with Gasteiger partial charge in [0.25, 0.3) is 11.8 Å². The van der Waals surface area contributed by atoms with Crippen LogP contribution in [0.5, 0.6) is 11.5 Å². The van der Waals surface area contributed by atoms with Gasteiger partial charge in [0, 0.05) is 18.7 Å². The number of fused-ring (bicyclic) bond motifs is 1. The van der Waals surface area contributed by atoms with Crippen molar-refractivity contribution in [3.8, 4) is 11.5 Å². The van der Waals surface area contributed by atoms with Crippen LogP contribution in [0, 0.1) is 0 Å². The Morgan fingerprint density at radius 2 is 1.67 bits per heavy atom. The molecule has 2 aromatic rings. The summed E-state index contributed by atoms with van der Waals surface area (Å²) in [7, 11) is -3.85. The first-order chi connectivity index (χ1) is 15.9. The molecule has 11 heteroatoms.